The Morgan fingerprint density at radius 3 is 2.27 bits per heavy atom. The smallest absolute Gasteiger partial charge is 0.198 e. The Bertz CT molecular complexity index is 800. The van der Waals surface area contributed by atoms with Crippen molar-refractivity contribution in [3.05, 3.63) is 76.4 Å². The molecule has 3 rings (SSSR count). The predicted octanol–water partition coefficient (Wildman–Crippen LogP) is 3.68. The van der Waals surface area contributed by atoms with Gasteiger partial charge in [0.25, 0.3) is 0 Å². The number of aromatic hydroxyl groups is 1. The van der Waals surface area contributed by atoms with Crippen LogP contribution >= 0.6 is 0 Å². The average molecular weight is 292 g/mol. The molecule has 0 unspecified atom stereocenters. The second-order valence-electron chi connectivity index (χ2n) is 5.28. The zero-order valence-corrected chi connectivity index (χ0v) is 12.3. The summed E-state index contributed by atoms with van der Waals surface area (Å²) in [6.07, 6.45) is 5.40. The van der Waals surface area contributed by atoms with Crippen LogP contribution in [0.5, 0.6) is 5.75 Å². The minimum Gasteiger partial charge on any atom is -0.507 e. The summed E-state index contributed by atoms with van der Waals surface area (Å²) in [7, 11) is 0. The lowest BCUT2D eigenvalue weighted by Crippen LogP contribution is -2.21. The highest BCUT2D eigenvalue weighted by Gasteiger charge is 2.32. The van der Waals surface area contributed by atoms with Crippen LogP contribution in [0.4, 0.5) is 0 Å². The van der Waals surface area contributed by atoms with E-state index in [9.17, 15) is 14.7 Å². The van der Waals surface area contributed by atoms with Crippen LogP contribution in [0.15, 0.2) is 48.6 Å². The lowest BCUT2D eigenvalue weighted by Gasteiger charge is -2.19. The second kappa shape index (κ2) is 5.60. The van der Waals surface area contributed by atoms with E-state index in [1.54, 1.807) is 36.4 Å². The van der Waals surface area contributed by atoms with Gasteiger partial charge in [0.05, 0.1) is 5.56 Å². The summed E-state index contributed by atoms with van der Waals surface area (Å²) in [4.78, 5) is 25.1. The highest BCUT2D eigenvalue weighted by Crippen LogP contribution is 2.35. The van der Waals surface area contributed by atoms with E-state index in [1.165, 1.54) is 0 Å². The van der Waals surface area contributed by atoms with Gasteiger partial charge in [-0.3, -0.25) is 9.59 Å². The molecule has 0 amide bonds. The molecule has 3 nitrogen and oxygen atoms in total. The van der Waals surface area contributed by atoms with Crippen molar-refractivity contribution in [1.82, 2.24) is 0 Å². The fourth-order valence-corrected chi connectivity index (χ4v) is 2.75. The molecule has 0 bridgehead atoms. The van der Waals surface area contributed by atoms with Gasteiger partial charge >= 0.3 is 0 Å². The Balaban J connectivity index is 2.13. The Kier molecular flexibility index (Phi) is 3.63. The molecule has 1 aliphatic carbocycles. The van der Waals surface area contributed by atoms with E-state index in [0.717, 1.165) is 6.42 Å². The standard InChI is InChI=1S/C19H16O3/c1-2-3-4-7-12-10-11-15-16(17(12)20)19(22)14-9-6-5-8-13(14)18(15)21/h3-6,8-11,20H,2,7H2,1H3. The van der Waals surface area contributed by atoms with Gasteiger partial charge in [0.15, 0.2) is 11.6 Å². The number of carbonyl (C=O) groups is 2. The van der Waals surface area contributed by atoms with Gasteiger partial charge in [-0.15, -0.1) is 0 Å². The van der Waals surface area contributed by atoms with Crippen LogP contribution in [0, 0.1) is 0 Å². The zero-order valence-electron chi connectivity index (χ0n) is 12.3. The highest BCUT2D eigenvalue weighted by molar-refractivity contribution is 6.29. The van der Waals surface area contributed by atoms with Crippen LogP contribution in [0.1, 0.15) is 50.8 Å². The van der Waals surface area contributed by atoms with Crippen molar-refractivity contribution in [2.24, 2.45) is 0 Å². The van der Waals surface area contributed by atoms with Crippen molar-refractivity contribution in [1.29, 1.82) is 0 Å². The number of fused-ring (bicyclic) bond motifs is 2. The highest BCUT2D eigenvalue weighted by atomic mass is 16.3. The van der Waals surface area contributed by atoms with Gasteiger partial charge in [-0.05, 0) is 24.5 Å². The average Bonchev–Trinajstić information content (AvgIpc) is 2.54. The number of allylic oxidation sites excluding steroid dienone is 2. The van der Waals surface area contributed by atoms with Gasteiger partial charge in [-0.1, -0.05) is 49.4 Å². The monoisotopic (exact) mass is 292 g/mol. The largest absolute Gasteiger partial charge is 0.507 e. The third kappa shape index (κ3) is 2.15. The lowest BCUT2D eigenvalue weighted by molar-refractivity contribution is 0.0976. The molecule has 0 fully saturated rings. The molecule has 0 aromatic heterocycles. The normalized spacial score (nSPS) is 13.3. The first-order valence-electron chi connectivity index (χ1n) is 7.33. The van der Waals surface area contributed by atoms with Crippen LogP contribution in [0.3, 0.4) is 0 Å². The lowest BCUT2D eigenvalue weighted by atomic mass is 9.82. The molecule has 0 spiro atoms. The van der Waals surface area contributed by atoms with Crippen molar-refractivity contribution < 1.29 is 14.7 Å². The van der Waals surface area contributed by atoms with E-state index < -0.39 is 0 Å². The van der Waals surface area contributed by atoms with Crippen LogP contribution in [-0.2, 0) is 6.42 Å². The molecule has 1 N–H and O–H groups in total. The molecule has 0 heterocycles. The van der Waals surface area contributed by atoms with Crippen LogP contribution in [-0.4, -0.2) is 16.7 Å². The SMILES string of the molecule is CCC=CCc1ccc2c(c1O)C(=O)c1ccccc1C2=O. The number of phenolic OH excluding ortho intramolecular Hbond substituents is 1. The van der Waals surface area contributed by atoms with Gasteiger partial charge in [-0.2, -0.15) is 0 Å². The molecule has 22 heavy (non-hydrogen) atoms. The summed E-state index contributed by atoms with van der Waals surface area (Å²) in [6.45, 7) is 2.03. The first kappa shape index (κ1) is 14.3. The number of rotatable bonds is 3. The number of hydrogen-bond acceptors (Lipinski definition) is 3. The number of phenols is 1. The van der Waals surface area contributed by atoms with Gasteiger partial charge in [0.1, 0.15) is 5.75 Å². The van der Waals surface area contributed by atoms with Crippen molar-refractivity contribution in [2.45, 2.75) is 19.8 Å². The molecule has 0 atom stereocenters. The van der Waals surface area contributed by atoms with Crippen molar-refractivity contribution in [3.8, 4) is 5.75 Å². The first-order valence-corrected chi connectivity index (χ1v) is 7.33. The molecular weight excluding hydrogens is 276 g/mol. The zero-order chi connectivity index (χ0) is 15.7. The number of benzene rings is 2. The van der Waals surface area contributed by atoms with E-state index >= 15 is 0 Å². The summed E-state index contributed by atoms with van der Waals surface area (Å²) in [5.41, 5.74) is 1.83. The molecule has 2 aromatic carbocycles. The molecule has 110 valence electrons. The third-order valence-electron chi connectivity index (χ3n) is 3.89. The van der Waals surface area contributed by atoms with E-state index in [1.807, 2.05) is 19.1 Å². The fraction of sp³-hybridized carbons (Fsp3) is 0.158. The molecule has 0 saturated heterocycles. The van der Waals surface area contributed by atoms with E-state index in [-0.39, 0.29) is 28.4 Å². The molecule has 2 aromatic rings. The predicted molar refractivity (Wildman–Crippen MR) is 84.5 cm³/mol. The fourth-order valence-electron chi connectivity index (χ4n) is 2.75. The summed E-state index contributed by atoms with van der Waals surface area (Å²) < 4.78 is 0. The van der Waals surface area contributed by atoms with Crippen molar-refractivity contribution >= 4 is 11.6 Å². The molecule has 0 radical (unpaired) electrons. The Hall–Kier alpha value is -2.68. The van der Waals surface area contributed by atoms with E-state index in [2.05, 4.69) is 0 Å². The van der Waals surface area contributed by atoms with E-state index in [0.29, 0.717) is 23.1 Å². The second-order valence-corrected chi connectivity index (χ2v) is 5.28. The third-order valence-corrected chi connectivity index (χ3v) is 3.89. The minimum atomic E-state index is -0.288. The first-order chi connectivity index (χ1) is 10.6. The minimum absolute atomic E-state index is 0.0777. The number of ketones is 2. The topological polar surface area (TPSA) is 54.4 Å². The van der Waals surface area contributed by atoms with Gasteiger partial charge < -0.3 is 5.11 Å². The maximum absolute atomic E-state index is 12.6. The van der Waals surface area contributed by atoms with Gasteiger partial charge in [0, 0.05) is 16.7 Å². The summed E-state index contributed by atoms with van der Waals surface area (Å²) in [6, 6.07) is 10.1. The summed E-state index contributed by atoms with van der Waals surface area (Å²) in [5.74, 6) is -0.578. The Morgan fingerprint density at radius 2 is 1.59 bits per heavy atom. The quantitative estimate of drug-likeness (QED) is 0.749. The maximum atomic E-state index is 12.6. The maximum Gasteiger partial charge on any atom is 0.198 e. The molecule has 0 aliphatic heterocycles. The number of carbonyl (C=O) groups excluding carboxylic acids is 2. The van der Waals surface area contributed by atoms with Crippen molar-refractivity contribution in [2.75, 3.05) is 0 Å². The molecule has 3 heteroatoms. The van der Waals surface area contributed by atoms with Gasteiger partial charge in [0.2, 0.25) is 0 Å². The van der Waals surface area contributed by atoms with Crippen LogP contribution in [0.25, 0.3) is 0 Å². The summed E-state index contributed by atoms with van der Waals surface area (Å²) >= 11 is 0. The Labute approximate surface area is 128 Å². The molecule has 1 aliphatic rings. The molecule has 0 saturated carbocycles. The van der Waals surface area contributed by atoms with Crippen molar-refractivity contribution in [3.63, 3.8) is 0 Å². The molecular formula is C19H16O3. The summed E-state index contributed by atoms with van der Waals surface area (Å²) in [5, 5.41) is 10.4. The number of hydrogen-bond donors (Lipinski definition) is 1. The van der Waals surface area contributed by atoms with Crippen LogP contribution in [0.2, 0.25) is 0 Å². The Morgan fingerprint density at radius 1 is 0.909 bits per heavy atom. The van der Waals surface area contributed by atoms with E-state index in [4.69, 9.17) is 0 Å². The van der Waals surface area contributed by atoms with Gasteiger partial charge in [-0.25, -0.2) is 0 Å². The van der Waals surface area contributed by atoms with Crippen LogP contribution < -0.4 is 0 Å².